The van der Waals surface area contributed by atoms with Crippen LogP contribution in [0, 0.1) is 0 Å². The number of hydrogen-bond acceptors (Lipinski definition) is 2. The molecule has 0 saturated carbocycles. The minimum absolute atomic E-state index is 0.692. The molecule has 0 unspecified atom stereocenters. The van der Waals surface area contributed by atoms with E-state index in [1.807, 2.05) is 30.3 Å². The van der Waals surface area contributed by atoms with Crippen molar-refractivity contribution >= 4 is 27.5 Å². The molecule has 1 heterocycles. The monoisotopic (exact) mass is 369 g/mol. The van der Waals surface area contributed by atoms with Crippen LogP contribution in [-0.2, 0) is 6.54 Å². The van der Waals surface area contributed by atoms with Crippen molar-refractivity contribution in [3.8, 4) is 11.3 Å². The standard InChI is InChI=1S/C17H21BrClNO/c1-2-3-4-5-10-20-12-14-7-9-17(21-14)15-8-6-13(18)11-16(15)19/h6-9,11,20H,2-5,10,12H2,1H3. The molecule has 4 heteroatoms. The number of nitrogens with one attached hydrogen (secondary N) is 1. The van der Waals surface area contributed by atoms with Crippen LogP contribution in [0.1, 0.15) is 38.4 Å². The first kappa shape index (κ1) is 16.6. The van der Waals surface area contributed by atoms with Crippen LogP contribution in [0.2, 0.25) is 5.02 Å². The van der Waals surface area contributed by atoms with E-state index >= 15 is 0 Å². The summed E-state index contributed by atoms with van der Waals surface area (Å²) >= 11 is 9.65. The van der Waals surface area contributed by atoms with Crippen LogP contribution in [0.25, 0.3) is 11.3 Å². The highest BCUT2D eigenvalue weighted by atomic mass is 79.9. The van der Waals surface area contributed by atoms with E-state index in [1.54, 1.807) is 0 Å². The van der Waals surface area contributed by atoms with E-state index in [0.29, 0.717) is 5.02 Å². The van der Waals surface area contributed by atoms with Gasteiger partial charge in [-0.05, 0) is 43.3 Å². The quantitative estimate of drug-likeness (QED) is 0.574. The Morgan fingerprint density at radius 3 is 2.76 bits per heavy atom. The van der Waals surface area contributed by atoms with Crippen LogP contribution < -0.4 is 5.32 Å². The summed E-state index contributed by atoms with van der Waals surface area (Å²) in [6.45, 7) is 4.03. The normalized spacial score (nSPS) is 11.0. The van der Waals surface area contributed by atoms with Crippen molar-refractivity contribution in [2.75, 3.05) is 6.54 Å². The second kappa shape index (κ2) is 8.62. The van der Waals surface area contributed by atoms with E-state index in [2.05, 4.69) is 28.2 Å². The fourth-order valence-corrected chi connectivity index (χ4v) is 2.96. The molecule has 1 N–H and O–H groups in total. The Morgan fingerprint density at radius 1 is 1.14 bits per heavy atom. The second-order valence-corrected chi connectivity index (χ2v) is 6.45. The molecule has 2 nitrogen and oxygen atoms in total. The molecule has 0 spiro atoms. The molecule has 0 bridgehead atoms. The van der Waals surface area contributed by atoms with Crippen LogP contribution in [-0.4, -0.2) is 6.54 Å². The topological polar surface area (TPSA) is 25.2 Å². The average Bonchev–Trinajstić information content (AvgIpc) is 2.91. The van der Waals surface area contributed by atoms with Gasteiger partial charge >= 0.3 is 0 Å². The number of hydrogen-bond donors (Lipinski definition) is 1. The lowest BCUT2D eigenvalue weighted by molar-refractivity contribution is 0.487. The molecule has 0 aliphatic rings. The summed E-state index contributed by atoms with van der Waals surface area (Å²) < 4.78 is 6.83. The zero-order chi connectivity index (χ0) is 15.1. The SMILES string of the molecule is CCCCCCNCc1ccc(-c2ccc(Br)cc2Cl)o1. The third-order valence-corrected chi connectivity index (χ3v) is 4.17. The molecule has 1 aromatic heterocycles. The molecule has 1 aromatic carbocycles. The van der Waals surface area contributed by atoms with Crippen molar-refractivity contribution in [2.45, 2.75) is 39.2 Å². The van der Waals surface area contributed by atoms with E-state index < -0.39 is 0 Å². The van der Waals surface area contributed by atoms with E-state index in [1.165, 1.54) is 25.7 Å². The van der Waals surface area contributed by atoms with Crippen LogP contribution >= 0.6 is 27.5 Å². The van der Waals surface area contributed by atoms with Gasteiger partial charge in [0.15, 0.2) is 0 Å². The summed E-state index contributed by atoms with van der Waals surface area (Å²) in [6.07, 6.45) is 5.10. The molecule has 0 atom stereocenters. The highest BCUT2D eigenvalue weighted by Gasteiger charge is 2.08. The molecule has 0 aliphatic heterocycles. The Morgan fingerprint density at radius 2 is 2.00 bits per heavy atom. The average molecular weight is 371 g/mol. The van der Waals surface area contributed by atoms with Crippen LogP contribution in [0.15, 0.2) is 39.2 Å². The van der Waals surface area contributed by atoms with E-state index in [9.17, 15) is 0 Å². The third-order valence-electron chi connectivity index (χ3n) is 3.36. The van der Waals surface area contributed by atoms with E-state index in [-0.39, 0.29) is 0 Å². The molecule has 0 fully saturated rings. The largest absolute Gasteiger partial charge is 0.460 e. The molecule has 114 valence electrons. The maximum absolute atomic E-state index is 6.24. The summed E-state index contributed by atoms with van der Waals surface area (Å²) in [6, 6.07) is 9.80. The van der Waals surface area contributed by atoms with Crippen molar-refractivity contribution in [1.29, 1.82) is 0 Å². The third kappa shape index (κ3) is 5.17. The minimum atomic E-state index is 0.692. The molecule has 0 saturated heterocycles. The zero-order valence-electron chi connectivity index (χ0n) is 12.3. The second-order valence-electron chi connectivity index (χ2n) is 5.13. The zero-order valence-corrected chi connectivity index (χ0v) is 14.6. The van der Waals surface area contributed by atoms with Crippen molar-refractivity contribution < 1.29 is 4.42 Å². The lowest BCUT2D eigenvalue weighted by Crippen LogP contribution is -2.14. The van der Waals surface area contributed by atoms with Crippen molar-refractivity contribution in [1.82, 2.24) is 5.32 Å². The number of benzene rings is 1. The Hall–Kier alpha value is -0.770. The maximum Gasteiger partial charge on any atom is 0.135 e. The molecule has 0 aliphatic carbocycles. The van der Waals surface area contributed by atoms with Gasteiger partial charge in [0, 0.05) is 10.0 Å². The highest BCUT2D eigenvalue weighted by molar-refractivity contribution is 9.10. The predicted octanol–water partition coefficient (Wildman–Crippen LogP) is 6.03. The van der Waals surface area contributed by atoms with Gasteiger partial charge in [0.1, 0.15) is 11.5 Å². The van der Waals surface area contributed by atoms with Gasteiger partial charge in [0.05, 0.1) is 11.6 Å². The van der Waals surface area contributed by atoms with E-state index in [4.69, 9.17) is 16.0 Å². The van der Waals surface area contributed by atoms with Crippen LogP contribution in [0.4, 0.5) is 0 Å². The summed E-state index contributed by atoms with van der Waals surface area (Å²) in [5.74, 6) is 1.76. The summed E-state index contributed by atoms with van der Waals surface area (Å²) in [7, 11) is 0. The molecular formula is C17H21BrClNO. The smallest absolute Gasteiger partial charge is 0.135 e. The molecule has 0 amide bonds. The molecular weight excluding hydrogens is 350 g/mol. The Balaban J connectivity index is 1.86. The van der Waals surface area contributed by atoms with Gasteiger partial charge in [-0.1, -0.05) is 53.7 Å². The Labute approximate surface area is 140 Å². The predicted molar refractivity (Wildman–Crippen MR) is 92.7 cm³/mol. The lowest BCUT2D eigenvalue weighted by Gasteiger charge is -2.03. The van der Waals surface area contributed by atoms with Crippen LogP contribution in [0.5, 0.6) is 0 Å². The first-order valence-corrected chi connectivity index (χ1v) is 8.62. The number of furan rings is 1. The minimum Gasteiger partial charge on any atom is -0.460 e. The lowest BCUT2D eigenvalue weighted by atomic mass is 10.2. The van der Waals surface area contributed by atoms with Crippen LogP contribution in [0.3, 0.4) is 0 Å². The number of rotatable bonds is 8. The van der Waals surface area contributed by atoms with Gasteiger partial charge in [0.25, 0.3) is 0 Å². The molecule has 21 heavy (non-hydrogen) atoms. The fraction of sp³-hybridized carbons (Fsp3) is 0.412. The van der Waals surface area contributed by atoms with Gasteiger partial charge in [-0.25, -0.2) is 0 Å². The van der Waals surface area contributed by atoms with Crippen molar-refractivity contribution in [3.05, 3.63) is 45.6 Å². The summed E-state index contributed by atoms with van der Waals surface area (Å²) in [5, 5.41) is 4.11. The maximum atomic E-state index is 6.24. The molecule has 0 radical (unpaired) electrons. The van der Waals surface area contributed by atoms with E-state index in [0.717, 1.165) is 34.6 Å². The van der Waals surface area contributed by atoms with Gasteiger partial charge in [-0.3, -0.25) is 0 Å². The molecule has 2 rings (SSSR count). The van der Waals surface area contributed by atoms with Gasteiger partial charge in [0.2, 0.25) is 0 Å². The van der Waals surface area contributed by atoms with Crippen molar-refractivity contribution in [2.24, 2.45) is 0 Å². The van der Waals surface area contributed by atoms with Gasteiger partial charge in [-0.2, -0.15) is 0 Å². The van der Waals surface area contributed by atoms with Gasteiger partial charge < -0.3 is 9.73 Å². The first-order valence-electron chi connectivity index (χ1n) is 7.45. The Kier molecular flexibility index (Phi) is 6.81. The first-order chi connectivity index (χ1) is 10.2. The number of halogens is 2. The summed E-state index contributed by atoms with van der Waals surface area (Å²) in [5.41, 5.74) is 0.925. The fourth-order valence-electron chi connectivity index (χ4n) is 2.20. The Bertz CT molecular complexity index is 568. The molecule has 2 aromatic rings. The van der Waals surface area contributed by atoms with Crippen molar-refractivity contribution in [3.63, 3.8) is 0 Å². The number of unbranched alkanes of at least 4 members (excludes halogenated alkanes) is 3. The van der Waals surface area contributed by atoms with Gasteiger partial charge in [-0.15, -0.1) is 0 Å². The highest BCUT2D eigenvalue weighted by Crippen LogP contribution is 2.31. The summed E-state index contributed by atoms with van der Waals surface area (Å²) in [4.78, 5) is 0.